The number of benzene rings is 3. The zero-order chi connectivity index (χ0) is 33.8. The molecule has 0 bridgehead atoms. The van der Waals surface area contributed by atoms with Crippen molar-refractivity contribution in [3.8, 4) is 33.9 Å². The minimum atomic E-state index is -5.23. The summed E-state index contributed by atoms with van der Waals surface area (Å²) >= 11 is 0. The molecule has 0 spiro atoms. The second-order valence-electron chi connectivity index (χ2n) is 9.81. The molecule has 240 valence electrons. The van der Waals surface area contributed by atoms with Crippen LogP contribution in [0.4, 0.5) is 39.5 Å². The number of pyridine rings is 1. The Balaban J connectivity index is 1.56. The summed E-state index contributed by atoms with van der Waals surface area (Å²) < 4.78 is 134. The van der Waals surface area contributed by atoms with Gasteiger partial charge in [0.05, 0.1) is 11.3 Å². The lowest BCUT2D eigenvalue weighted by molar-refractivity contribution is -0.275. The number of aromatic nitrogens is 1. The molecule has 0 aliphatic carbocycles. The van der Waals surface area contributed by atoms with Crippen molar-refractivity contribution in [2.24, 2.45) is 0 Å². The lowest BCUT2D eigenvalue weighted by Crippen LogP contribution is -2.28. The van der Waals surface area contributed by atoms with Crippen molar-refractivity contribution < 1.29 is 49.0 Å². The SMILES string of the molecule is C/C=C(/C(F)=C\C(=C/C)c1ccc(-c2ccc(-c3ccc(C)cn3)cc2F)cc1F)C(F)(F)Oc1ccc(OC(F)(F)F)c(F)c1. The van der Waals surface area contributed by atoms with Crippen LogP contribution in [-0.4, -0.2) is 17.5 Å². The van der Waals surface area contributed by atoms with E-state index >= 15 is 13.2 Å². The Kier molecular flexibility index (Phi) is 9.98. The lowest BCUT2D eigenvalue weighted by atomic mass is 9.97. The Morgan fingerprint density at radius 1 is 0.739 bits per heavy atom. The van der Waals surface area contributed by atoms with Gasteiger partial charge < -0.3 is 9.47 Å². The molecular formula is C34H24F9NO2. The van der Waals surface area contributed by atoms with Crippen LogP contribution >= 0.6 is 0 Å². The van der Waals surface area contributed by atoms with Crippen molar-refractivity contribution in [1.29, 1.82) is 0 Å². The molecule has 12 heteroatoms. The maximum Gasteiger partial charge on any atom is 0.573 e. The maximum absolute atomic E-state index is 15.3. The number of hydrogen-bond acceptors (Lipinski definition) is 3. The number of allylic oxidation sites excluding steroid dienone is 4. The van der Waals surface area contributed by atoms with Gasteiger partial charge in [-0.2, -0.15) is 8.78 Å². The summed E-state index contributed by atoms with van der Waals surface area (Å²) in [6.07, 6.45) is -5.50. The largest absolute Gasteiger partial charge is 0.573 e. The van der Waals surface area contributed by atoms with Gasteiger partial charge in [0.25, 0.3) is 0 Å². The van der Waals surface area contributed by atoms with Crippen molar-refractivity contribution in [2.45, 2.75) is 33.2 Å². The van der Waals surface area contributed by atoms with Gasteiger partial charge in [-0.3, -0.25) is 4.98 Å². The zero-order valence-corrected chi connectivity index (χ0v) is 24.3. The average molecular weight is 650 g/mol. The Labute approximate surface area is 257 Å². The normalized spacial score (nSPS) is 13.2. The van der Waals surface area contributed by atoms with E-state index in [-0.39, 0.29) is 28.3 Å². The van der Waals surface area contributed by atoms with Gasteiger partial charge in [-0.25, -0.2) is 17.6 Å². The molecule has 0 aliphatic heterocycles. The van der Waals surface area contributed by atoms with E-state index in [9.17, 15) is 26.3 Å². The first-order valence-corrected chi connectivity index (χ1v) is 13.5. The van der Waals surface area contributed by atoms with E-state index in [1.165, 1.54) is 37.3 Å². The second kappa shape index (κ2) is 13.6. The molecule has 0 saturated carbocycles. The van der Waals surface area contributed by atoms with Crippen LogP contribution < -0.4 is 9.47 Å². The van der Waals surface area contributed by atoms with Crippen LogP contribution in [0.5, 0.6) is 11.5 Å². The molecule has 0 fully saturated rings. The van der Waals surface area contributed by atoms with Crippen LogP contribution in [0.1, 0.15) is 25.0 Å². The molecule has 0 aliphatic rings. The van der Waals surface area contributed by atoms with Gasteiger partial charge in [-0.1, -0.05) is 42.5 Å². The molecule has 0 atom stereocenters. The fraction of sp³-hybridized carbons (Fsp3) is 0.147. The predicted molar refractivity (Wildman–Crippen MR) is 155 cm³/mol. The average Bonchev–Trinajstić information content (AvgIpc) is 2.97. The fourth-order valence-electron chi connectivity index (χ4n) is 4.40. The standard InChI is InChI=1S/C34H24F9NO2/c1-4-20(14-29(37)26(5-2)33(39,40)45-23-9-13-32(30(38)17-23)46-34(41,42)43)24-10-7-21(15-27(24)35)25-11-8-22(16-28(25)36)31-12-6-19(3)18-44-31/h4-18H,1-3H3/b20-4+,26-5-,29-14+. The monoisotopic (exact) mass is 649 g/mol. The number of hydrogen-bond donors (Lipinski definition) is 0. The summed E-state index contributed by atoms with van der Waals surface area (Å²) in [6.45, 7) is 4.32. The highest BCUT2D eigenvalue weighted by Crippen LogP contribution is 2.37. The molecule has 1 heterocycles. The third kappa shape index (κ3) is 7.98. The number of halogens is 9. The van der Waals surface area contributed by atoms with Crippen molar-refractivity contribution in [3.63, 3.8) is 0 Å². The molecule has 3 nitrogen and oxygen atoms in total. The van der Waals surface area contributed by atoms with Crippen LogP contribution in [0.3, 0.4) is 0 Å². The molecule has 3 aromatic carbocycles. The molecule has 46 heavy (non-hydrogen) atoms. The van der Waals surface area contributed by atoms with Crippen LogP contribution in [0.15, 0.2) is 103 Å². The van der Waals surface area contributed by atoms with Gasteiger partial charge in [0.15, 0.2) is 11.6 Å². The Morgan fingerprint density at radius 3 is 2.00 bits per heavy atom. The zero-order valence-electron chi connectivity index (χ0n) is 24.3. The topological polar surface area (TPSA) is 31.4 Å². The van der Waals surface area contributed by atoms with Crippen molar-refractivity contribution in [3.05, 3.63) is 131 Å². The quantitative estimate of drug-likeness (QED) is 0.134. The Bertz CT molecular complexity index is 1830. The molecule has 4 rings (SSSR count). The van der Waals surface area contributed by atoms with Crippen molar-refractivity contribution in [2.75, 3.05) is 0 Å². The fourth-order valence-corrected chi connectivity index (χ4v) is 4.40. The number of ether oxygens (including phenoxy) is 2. The Morgan fingerprint density at radius 2 is 1.43 bits per heavy atom. The van der Waals surface area contributed by atoms with Crippen molar-refractivity contribution in [1.82, 2.24) is 4.98 Å². The van der Waals surface area contributed by atoms with E-state index in [0.29, 0.717) is 35.5 Å². The summed E-state index contributed by atoms with van der Waals surface area (Å²) in [7, 11) is 0. The summed E-state index contributed by atoms with van der Waals surface area (Å²) in [5, 5.41) is 0. The number of alkyl halides is 5. The number of rotatable bonds is 9. The molecule has 1 aromatic heterocycles. The highest BCUT2D eigenvalue weighted by Gasteiger charge is 2.40. The third-order valence-electron chi connectivity index (χ3n) is 6.60. The van der Waals surface area contributed by atoms with Gasteiger partial charge >= 0.3 is 12.5 Å². The number of nitrogens with zero attached hydrogens (tertiary/aromatic N) is 1. The van der Waals surface area contributed by atoms with E-state index < -0.39 is 52.8 Å². The van der Waals surface area contributed by atoms with Crippen LogP contribution in [0, 0.1) is 24.4 Å². The maximum atomic E-state index is 15.3. The molecular weight excluding hydrogens is 625 g/mol. The molecule has 0 saturated heterocycles. The minimum absolute atomic E-state index is 0.0764. The predicted octanol–water partition coefficient (Wildman–Crippen LogP) is 10.9. The first-order valence-electron chi connectivity index (χ1n) is 13.5. The highest BCUT2D eigenvalue weighted by atomic mass is 19.4. The van der Waals surface area contributed by atoms with E-state index in [4.69, 9.17) is 0 Å². The van der Waals surface area contributed by atoms with E-state index in [0.717, 1.165) is 18.6 Å². The minimum Gasteiger partial charge on any atom is -0.429 e. The van der Waals surface area contributed by atoms with Crippen LogP contribution in [0.2, 0.25) is 0 Å². The summed E-state index contributed by atoms with van der Waals surface area (Å²) in [5.41, 5.74) is 0.545. The van der Waals surface area contributed by atoms with E-state index in [1.54, 1.807) is 18.3 Å². The van der Waals surface area contributed by atoms with Gasteiger partial charge in [0, 0.05) is 29.0 Å². The third-order valence-corrected chi connectivity index (χ3v) is 6.60. The lowest BCUT2D eigenvalue weighted by Gasteiger charge is -2.21. The van der Waals surface area contributed by atoms with Crippen molar-refractivity contribution >= 4 is 5.57 Å². The second-order valence-corrected chi connectivity index (χ2v) is 9.81. The van der Waals surface area contributed by atoms with Crippen LogP contribution in [-0.2, 0) is 0 Å². The molecule has 0 radical (unpaired) electrons. The first kappa shape index (κ1) is 33.9. The van der Waals surface area contributed by atoms with E-state index in [2.05, 4.69) is 14.5 Å². The Hall–Kier alpha value is -5.00. The molecule has 0 amide bonds. The number of aryl methyl sites for hydroxylation is 1. The highest BCUT2D eigenvalue weighted by molar-refractivity contribution is 5.78. The summed E-state index contributed by atoms with van der Waals surface area (Å²) in [6, 6.07) is 12.7. The van der Waals surface area contributed by atoms with Gasteiger partial charge in [0.1, 0.15) is 23.2 Å². The van der Waals surface area contributed by atoms with Crippen LogP contribution in [0.25, 0.3) is 28.0 Å². The molecule has 4 aromatic rings. The molecule has 0 N–H and O–H groups in total. The van der Waals surface area contributed by atoms with Gasteiger partial charge in [-0.15, -0.1) is 13.2 Å². The van der Waals surface area contributed by atoms with Gasteiger partial charge in [-0.05, 0) is 73.9 Å². The first-order chi connectivity index (χ1) is 21.6. The molecule has 0 unspecified atom stereocenters. The van der Waals surface area contributed by atoms with Gasteiger partial charge in [0.2, 0.25) is 0 Å². The smallest absolute Gasteiger partial charge is 0.429 e. The van der Waals surface area contributed by atoms with E-state index in [1.807, 2.05) is 13.0 Å². The summed E-state index contributed by atoms with van der Waals surface area (Å²) in [4.78, 5) is 4.26. The summed E-state index contributed by atoms with van der Waals surface area (Å²) in [5.74, 6) is -6.96.